The molecule has 0 aliphatic carbocycles. The van der Waals surface area contributed by atoms with Crippen LogP contribution in [-0.4, -0.2) is 20.7 Å². The maximum Gasteiger partial charge on any atom is 0.284 e. The Bertz CT molecular complexity index is 1760. The van der Waals surface area contributed by atoms with Crippen molar-refractivity contribution in [3.05, 3.63) is 123 Å². The zero-order valence-electron chi connectivity index (χ0n) is 21.1. The second kappa shape index (κ2) is 10.8. The minimum Gasteiger partial charge on any atom is -0.355 e. The predicted molar refractivity (Wildman–Crippen MR) is 150 cm³/mol. The van der Waals surface area contributed by atoms with Gasteiger partial charge in [0, 0.05) is 64.7 Å². The van der Waals surface area contributed by atoms with Gasteiger partial charge in [-0.2, -0.15) is 0 Å². The monoisotopic (exact) mass is 536 g/mol. The van der Waals surface area contributed by atoms with Gasteiger partial charge in [-0.25, -0.2) is 4.57 Å². The first kappa shape index (κ1) is 25.7. The van der Waals surface area contributed by atoms with Crippen LogP contribution in [0.4, 0.5) is 39.8 Å². The number of rotatable bonds is 8. The van der Waals surface area contributed by atoms with Gasteiger partial charge < -0.3 is 16.0 Å². The van der Waals surface area contributed by atoms with E-state index >= 15 is 0 Å². The standard InChI is InChI=1S/C28H21N7O5/c1-33-14-11-20(12-15-33)30-18-2-4-19(5-3-18)32-28(36)23-8-6-21(16-27(23)35(39)40)31-26-10-13-29-25-9-7-22(34(37)38)17-24(25)26/h2-17H,1H3,(H2,29,31,32,36)/p+1. The second-order valence-electron chi connectivity index (χ2n) is 8.84. The van der Waals surface area contributed by atoms with Gasteiger partial charge in [-0.3, -0.25) is 30.0 Å². The Hall–Kier alpha value is -5.91. The van der Waals surface area contributed by atoms with Crippen molar-refractivity contribution in [3.63, 3.8) is 0 Å². The molecule has 0 radical (unpaired) electrons. The van der Waals surface area contributed by atoms with Crippen LogP contribution in [0.15, 0.2) is 97.5 Å². The normalized spacial score (nSPS) is 10.6. The summed E-state index contributed by atoms with van der Waals surface area (Å²) in [6.07, 6.45) is 5.35. The maximum atomic E-state index is 13.0. The molecule has 0 bridgehead atoms. The molecule has 198 valence electrons. The molecule has 0 aliphatic rings. The summed E-state index contributed by atoms with van der Waals surface area (Å²) in [7, 11) is 1.92. The van der Waals surface area contributed by atoms with Crippen LogP contribution < -0.4 is 20.5 Å². The first-order valence-electron chi connectivity index (χ1n) is 12.0. The summed E-state index contributed by atoms with van der Waals surface area (Å²) in [5, 5.41) is 32.5. The van der Waals surface area contributed by atoms with Gasteiger partial charge in [0.05, 0.1) is 21.1 Å². The molecule has 40 heavy (non-hydrogen) atoms. The van der Waals surface area contributed by atoms with E-state index in [2.05, 4.69) is 20.9 Å². The van der Waals surface area contributed by atoms with Gasteiger partial charge in [0.25, 0.3) is 17.3 Å². The van der Waals surface area contributed by atoms with Gasteiger partial charge in [0.1, 0.15) is 12.6 Å². The minimum atomic E-state index is -0.639. The number of amides is 1. The van der Waals surface area contributed by atoms with E-state index < -0.39 is 21.4 Å². The highest BCUT2D eigenvalue weighted by Crippen LogP contribution is 2.31. The number of hydrogen-bond acceptors (Lipinski definition) is 8. The van der Waals surface area contributed by atoms with E-state index in [9.17, 15) is 25.0 Å². The lowest BCUT2D eigenvalue weighted by molar-refractivity contribution is -0.671. The van der Waals surface area contributed by atoms with Crippen LogP contribution in [0, 0.1) is 20.2 Å². The van der Waals surface area contributed by atoms with Gasteiger partial charge in [0.2, 0.25) is 0 Å². The smallest absolute Gasteiger partial charge is 0.284 e. The van der Waals surface area contributed by atoms with Crippen molar-refractivity contribution in [1.82, 2.24) is 4.98 Å². The van der Waals surface area contributed by atoms with Gasteiger partial charge in [-0.15, -0.1) is 0 Å². The van der Waals surface area contributed by atoms with Crippen molar-refractivity contribution in [2.24, 2.45) is 7.05 Å². The fraction of sp³-hybridized carbons (Fsp3) is 0.0357. The predicted octanol–water partition coefficient (Wildman–Crippen LogP) is 5.62. The highest BCUT2D eigenvalue weighted by Gasteiger charge is 2.21. The van der Waals surface area contributed by atoms with Crippen molar-refractivity contribution < 1.29 is 19.2 Å². The van der Waals surface area contributed by atoms with Crippen LogP contribution in [-0.2, 0) is 7.05 Å². The number of nitro benzene ring substituents is 2. The van der Waals surface area contributed by atoms with Crippen LogP contribution in [0.1, 0.15) is 10.4 Å². The largest absolute Gasteiger partial charge is 0.355 e. The molecule has 0 unspecified atom stereocenters. The SMILES string of the molecule is C[n+]1ccc(Nc2ccc(NC(=O)c3ccc(Nc4ccnc5ccc([N+](=O)[O-])cc45)cc3[N+](=O)[O-])cc2)cc1. The summed E-state index contributed by atoms with van der Waals surface area (Å²) >= 11 is 0. The lowest BCUT2D eigenvalue weighted by Gasteiger charge is -2.11. The van der Waals surface area contributed by atoms with Crippen molar-refractivity contribution in [1.29, 1.82) is 0 Å². The number of anilines is 5. The van der Waals surface area contributed by atoms with E-state index in [0.29, 0.717) is 28.0 Å². The Morgan fingerprint density at radius 3 is 2.15 bits per heavy atom. The highest BCUT2D eigenvalue weighted by molar-refractivity contribution is 6.07. The number of carbonyl (C=O) groups is 1. The van der Waals surface area contributed by atoms with Gasteiger partial charge in [-0.1, -0.05) is 0 Å². The summed E-state index contributed by atoms with van der Waals surface area (Å²) in [4.78, 5) is 39.1. The van der Waals surface area contributed by atoms with Crippen LogP contribution in [0.25, 0.3) is 10.9 Å². The molecule has 2 heterocycles. The van der Waals surface area contributed by atoms with Crippen LogP contribution in [0.2, 0.25) is 0 Å². The fourth-order valence-corrected chi connectivity index (χ4v) is 4.05. The van der Waals surface area contributed by atoms with E-state index in [0.717, 1.165) is 11.4 Å². The Morgan fingerprint density at radius 1 is 0.775 bits per heavy atom. The van der Waals surface area contributed by atoms with Crippen LogP contribution in [0.5, 0.6) is 0 Å². The van der Waals surface area contributed by atoms with E-state index in [-0.39, 0.29) is 11.3 Å². The lowest BCUT2D eigenvalue weighted by Crippen LogP contribution is -2.25. The summed E-state index contributed by atoms with van der Waals surface area (Å²) in [6.45, 7) is 0. The third kappa shape index (κ3) is 5.65. The third-order valence-electron chi connectivity index (χ3n) is 6.06. The highest BCUT2D eigenvalue weighted by atomic mass is 16.6. The molecule has 5 rings (SSSR count). The number of non-ortho nitro benzene ring substituents is 1. The molecule has 0 atom stereocenters. The average molecular weight is 537 g/mol. The first-order chi connectivity index (χ1) is 19.3. The minimum absolute atomic E-state index is 0.111. The molecule has 12 heteroatoms. The molecule has 2 aromatic heterocycles. The zero-order valence-corrected chi connectivity index (χ0v) is 21.1. The molecule has 12 nitrogen and oxygen atoms in total. The number of pyridine rings is 2. The summed E-state index contributed by atoms with van der Waals surface area (Å²) in [5.41, 5.74) is 2.86. The van der Waals surface area contributed by atoms with E-state index in [1.807, 2.05) is 36.1 Å². The number of carbonyl (C=O) groups excluding carboxylic acids is 1. The Labute approximate surface area is 227 Å². The van der Waals surface area contributed by atoms with Gasteiger partial charge in [0.15, 0.2) is 12.4 Å². The molecule has 0 fully saturated rings. The van der Waals surface area contributed by atoms with Crippen molar-refractivity contribution in [2.75, 3.05) is 16.0 Å². The molecular weight excluding hydrogens is 514 g/mol. The average Bonchev–Trinajstić information content (AvgIpc) is 2.95. The number of benzene rings is 3. The summed E-state index contributed by atoms with van der Waals surface area (Å²) < 4.78 is 1.92. The molecule has 1 amide bonds. The van der Waals surface area contributed by atoms with E-state index in [1.165, 1.54) is 42.6 Å². The Kier molecular flexibility index (Phi) is 6.97. The molecule has 0 saturated carbocycles. The third-order valence-corrected chi connectivity index (χ3v) is 6.06. The van der Waals surface area contributed by atoms with Crippen LogP contribution >= 0.6 is 0 Å². The molecular formula is C28H22N7O5+. The summed E-state index contributed by atoms with van der Waals surface area (Å²) in [5.74, 6) is -0.639. The first-order valence-corrected chi connectivity index (χ1v) is 12.0. The van der Waals surface area contributed by atoms with Crippen molar-refractivity contribution in [2.45, 2.75) is 0 Å². The second-order valence-corrected chi connectivity index (χ2v) is 8.84. The number of nitrogens with one attached hydrogen (secondary N) is 3. The number of hydrogen-bond donors (Lipinski definition) is 3. The Morgan fingerprint density at radius 2 is 1.45 bits per heavy atom. The molecule has 5 aromatic rings. The number of nitrogens with zero attached hydrogens (tertiary/aromatic N) is 4. The van der Waals surface area contributed by atoms with Gasteiger partial charge >= 0.3 is 0 Å². The summed E-state index contributed by atoms with van der Waals surface area (Å²) in [6, 6.07) is 20.8. The van der Waals surface area contributed by atoms with E-state index in [4.69, 9.17) is 0 Å². The molecule has 0 spiro atoms. The maximum absolute atomic E-state index is 13.0. The molecule has 0 aliphatic heterocycles. The lowest BCUT2D eigenvalue weighted by atomic mass is 10.1. The molecule has 3 N–H and O–H groups in total. The van der Waals surface area contributed by atoms with Crippen molar-refractivity contribution >= 4 is 56.6 Å². The molecule has 0 saturated heterocycles. The van der Waals surface area contributed by atoms with E-state index in [1.54, 1.807) is 30.3 Å². The van der Waals surface area contributed by atoms with Gasteiger partial charge in [-0.05, 0) is 48.5 Å². The molecule has 3 aromatic carbocycles. The van der Waals surface area contributed by atoms with Crippen molar-refractivity contribution in [3.8, 4) is 0 Å². The quantitative estimate of drug-likeness (QED) is 0.131. The number of aryl methyl sites for hydroxylation is 1. The number of nitro groups is 2. The number of aromatic nitrogens is 2. The topological polar surface area (TPSA) is 156 Å². The van der Waals surface area contributed by atoms with Crippen LogP contribution in [0.3, 0.4) is 0 Å². The Balaban J connectivity index is 1.34. The number of fused-ring (bicyclic) bond motifs is 1. The zero-order chi connectivity index (χ0) is 28.2. The fourth-order valence-electron chi connectivity index (χ4n) is 4.05.